The van der Waals surface area contributed by atoms with Crippen molar-refractivity contribution in [3.05, 3.63) is 53.6 Å². The molecule has 0 aliphatic rings. The minimum Gasteiger partial charge on any atom is -0.435 e. The number of carbonyl (C=O) groups is 1. The molecule has 146 valence electrons. The fourth-order valence-electron chi connectivity index (χ4n) is 2.25. The van der Waals surface area contributed by atoms with Crippen LogP contribution < -0.4 is 15.9 Å². The Hall–Kier alpha value is -2.85. The van der Waals surface area contributed by atoms with E-state index in [1.54, 1.807) is 24.3 Å². The van der Waals surface area contributed by atoms with Crippen molar-refractivity contribution in [3.63, 3.8) is 0 Å². The number of benzene rings is 2. The van der Waals surface area contributed by atoms with E-state index in [4.69, 9.17) is 17.4 Å². The van der Waals surface area contributed by atoms with Crippen LogP contribution in [0.4, 0.5) is 14.5 Å². The van der Waals surface area contributed by atoms with Crippen molar-refractivity contribution in [2.24, 2.45) is 0 Å². The van der Waals surface area contributed by atoms with E-state index in [2.05, 4.69) is 20.3 Å². The summed E-state index contributed by atoms with van der Waals surface area (Å²) in [6, 6.07) is 12.6. The van der Waals surface area contributed by atoms with Crippen molar-refractivity contribution in [1.82, 2.24) is 14.9 Å². The molecule has 3 N–H and O–H groups in total. The van der Waals surface area contributed by atoms with Crippen LogP contribution in [0.25, 0.3) is 11.4 Å². The van der Waals surface area contributed by atoms with Crippen LogP contribution in [-0.4, -0.2) is 33.1 Å². The molecule has 0 bridgehead atoms. The molecule has 0 saturated heterocycles. The summed E-state index contributed by atoms with van der Waals surface area (Å²) in [5, 5.41) is 11.5. The molecule has 11 heteroatoms. The number of rotatable bonds is 7. The minimum absolute atomic E-state index is 0.0223. The van der Waals surface area contributed by atoms with Gasteiger partial charge < -0.3 is 15.9 Å². The standard InChI is InChI=1S/C17H14ClF2N5O2S/c18-11-2-1-3-12(8-11)22-14(26)9-28-17-24-23-15(25(17)21)10-4-6-13(7-5-10)27-16(19)20/h1-8,16H,9,21H2,(H,22,26). The average Bonchev–Trinajstić information content (AvgIpc) is 3.01. The van der Waals surface area contributed by atoms with Crippen molar-refractivity contribution in [2.75, 3.05) is 16.9 Å². The molecule has 1 aromatic heterocycles. The number of nitrogen functional groups attached to an aromatic ring is 1. The predicted molar refractivity (Wildman–Crippen MR) is 103 cm³/mol. The van der Waals surface area contributed by atoms with Gasteiger partial charge in [0.15, 0.2) is 5.82 Å². The van der Waals surface area contributed by atoms with Gasteiger partial charge in [-0.25, -0.2) is 4.68 Å². The second kappa shape index (κ2) is 8.89. The van der Waals surface area contributed by atoms with Gasteiger partial charge in [-0.3, -0.25) is 4.79 Å². The van der Waals surface area contributed by atoms with E-state index >= 15 is 0 Å². The van der Waals surface area contributed by atoms with Crippen molar-refractivity contribution in [2.45, 2.75) is 11.8 Å². The van der Waals surface area contributed by atoms with Crippen molar-refractivity contribution in [3.8, 4) is 17.1 Å². The first-order valence-electron chi connectivity index (χ1n) is 7.86. The lowest BCUT2D eigenvalue weighted by Gasteiger charge is -2.07. The van der Waals surface area contributed by atoms with E-state index in [0.29, 0.717) is 27.3 Å². The maximum absolute atomic E-state index is 12.2. The number of halogens is 3. The Morgan fingerprint density at radius 2 is 2.00 bits per heavy atom. The molecule has 0 fully saturated rings. The van der Waals surface area contributed by atoms with E-state index in [1.807, 2.05) is 0 Å². The predicted octanol–water partition coefficient (Wildman–Crippen LogP) is 3.64. The number of nitrogens with zero attached hydrogens (tertiary/aromatic N) is 3. The summed E-state index contributed by atoms with van der Waals surface area (Å²) in [5.74, 6) is 6.13. The summed E-state index contributed by atoms with van der Waals surface area (Å²) in [6.07, 6.45) is 0. The first kappa shape index (κ1) is 19.9. The number of thioether (sulfide) groups is 1. The highest BCUT2D eigenvalue weighted by Gasteiger charge is 2.14. The molecule has 1 amide bonds. The summed E-state index contributed by atoms with van der Waals surface area (Å²) < 4.78 is 29.9. The van der Waals surface area contributed by atoms with Gasteiger partial charge >= 0.3 is 6.61 Å². The van der Waals surface area contributed by atoms with Crippen LogP contribution in [0, 0.1) is 0 Å². The number of alkyl halides is 2. The molecule has 0 unspecified atom stereocenters. The topological polar surface area (TPSA) is 95.1 Å². The Morgan fingerprint density at radius 3 is 2.68 bits per heavy atom. The number of nitrogens with one attached hydrogen (secondary N) is 1. The van der Waals surface area contributed by atoms with Gasteiger partial charge in [-0.05, 0) is 42.5 Å². The monoisotopic (exact) mass is 425 g/mol. The fourth-order valence-corrected chi connectivity index (χ4v) is 3.10. The molecule has 3 rings (SSSR count). The quantitative estimate of drug-likeness (QED) is 0.443. The van der Waals surface area contributed by atoms with Crippen LogP contribution in [0.3, 0.4) is 0 Å². The van der Waals surface area contributed by atoms with Crippen molar-refractivity contribution in [1.29, 1.82) is 0 Å². The molecule has 2 aromatic carbocycles. The Morgan fingerprint density at radius 1 is 1.25 bits per heavy atom. The number of hydrogen-bond acceptors (Lipinski definition) is 6. The minimum atomic E-state index is -2.90. The van der Waals surface area contributed by atoms with Gasteiger partial charge in [0.2, 0.25) is 11.1 Å². The molecular weight excluding hydrogens is 412 g/mol. The lowest BCUT2D eigenvalue weighted by Crippen LogP contribution is -2.16. The van der Waals surface area contributed by atoms with Crippen LogP contribution in [0.1, 0.15) is 0 Å². The van der Waals surface area contributed by atoms with Gasteiger partial charge in [0, 0.05) is 16.3 Å². The highest BCUT2D eigenvalue weighted by atomic mass is 35.5. The summed E-state index contributed by atoms with van der Waals surface area (Å²) in [5.41, 5.74) is 1.14. The maximum Gasteiger partial charge on any atom is 0.387 e. The lowest BCUT2D eigenvalue weighted by molar-refractivity contribution is -0.113. The van der Waals surface area contributed by atoms with Gasteiger partial charge in [0.1, 0.15) is 5.75 Å². The fraction of sp³-hybridized carbons (Fsp3) is 0.118. The third-order valence-electron chi connectivity index (χ3n) is 3.44. The molecule has 0 atom stereocenters. The highest BCUT2D eigenvalue weighted by molar-refractivity contribution is 7.99. The van der Waals surface area contributed by atoms with Crippen LogP contribution in [0.5, 0.6) is 5.75 Å². The molecule has 7 nitrogen and oxygen atoms in total. The molecule has 0 spiro atoms. The van der Waals surface area contributed by atoms with Gasteiger partial charge in [-0.15, -0.1) is 10.2 Å². The zero-order chi connectivity index (χ0) is 20.1. The molecule has 3 aromatic rings. The van der Waals surface area contributed by atoms with Crippen molar-refractivity contribution >= 4 is 35.0 Å². The summed E-state index contributed by atoms with van der Waals surface area (Å²) >= 11 is 6.98. The lowest BCUT2D eigenvalue weighted by atomic mass is 10.2. The summed E-state index contributed by atoms with van der Waals surface area (Å²) in [7, 11) is 0. The average molecular weight is 426 g/mol. The molecule has 28 heavy (non-hydrogen) atoms. The Kier molecular flexibility index (Phi) is 6.32. The van der Waals surface area contributed by atoms with Crippen molar-refractivity contribution < 1.29 is 18.3 Å². The van der Waals surface area contributed by atoms with Crippen LogP contribution >= 0.6 is 23.4 Å². The van der Waals surface area contributed by atoms with Gasteiger partial charge in [-0.1, -0.05) is 29.4 Å². The van der Waals surface area contributed by atoms with Gasteiger partial charge in [0.05, 0.1) is 5.75 Å². The van der Waals surface area contributed by atoms with E-state index in [-0.39, 0.29) is 17.4 Å². The number of anilines is 1. The Balaban J connectivity index is 1.62. The summed E-state index contributed by atoms with van der Waals surface area (Å²) in [6.45, 7) is -2.90. The second-order valence-corrected chi connectivity index (χ2v) is 6.81. The number of amides is 1. The molecule has 0 aliphatic carbocycles. The van der Waals surface area contributed by atoms with Crippen LogP contribution in [0.2, 0.25) is 5.02 Å². The smallest absolute Gasteiger partial charge is 0.387 e. The zero-order valence-electron chi connectivity index (χ0n) is 14.2. The third-order valence-corrected chi connectivity index (χ3v) is 4.62. The third kappa shape index (κ3) is 5.11. The number of aromatic nitrogens is 3. The first-order valence-corrected chi connectivity index (χ1v) is 9.22. The number of carbonyl (C=O) groups excluding carboxylic acids is 1. The SMILES string of the molecule is Nn1c(SCC(=O)Nc2cccc(Cl)c2)nnc1-c1ccc(OC(F)F)cc1. The highest BCUT2D eigenvalue weighted by Crippen LogP contribution is 2.24. The van der Waals surface area contributed by atoms with E-state index in [0.717, 1.165) is 11.8 Å². The van der Waals surface area contributed by atoms with E-state index < -0.39 is 6.61 Å². The number of nitrogens with two attached hydrogens (primary N) is 1. The van der Waals surface area contributed by atoms with Crippen LogP contribution in [0.15, 0.2) is 53.7 Å². The summed E-state index contributed by atoms with van der Waals surface area (Å²) in [4.78, 5) is 12.1. The van der Waals surface area contributed by atoms with E-state index in [1.165, 1.54) is 28.9 Å². The molecule has 0 radical (unpaired) electrons. The molecular formula is C17H14ClF2N5O2S. The maximum atomic E-state index is 12.2. The molecule has 1 heterocycles. The van der Waals surface area contributed by atoms with Crippen LogP contribution in [-0.2, 0) is 4.79 Å². The Labute approximate surface area is 167 Å². The zero-order valence-corrected chi connectivity index (χ0v) is 15.8. The normalized spacial score (nSPS) is 10.9. The van der Waals surface area contributed by atoms with Gasteiger partial charge in [-0.2, -0.15) is 8.78 Å². The first-order chi connectivity index (χ1) is 13.4. The van der Waals surface area contributed by atoms with Gasteiger partial charge in [0.25, 0.3) is 0 Å². The second-order valence-electron chi connectivity index (χ2n) is 5.43. The largest absolute Gasteiger partial charge is 0.435 e. The molecule has 0 saturated carbocycles. The Bertz CT molecular complexity index is 968. The number of ether oxygens (including phenoxy) is 1. The molecule has 0 aliphatic heterocycles. The van der Waals surface area contributed by atoms with E-state index in [9.17, 15) is 13.6 Å². The number of hydrogen-bond donors (Lipinski definition) is 2.